The predicted molar refractivity (Wildman–Crippen MR) is 59.5 cm³/mol. The van der Waals surface area contributed by atoms with Gasteiger partial charge < -0.3 is 19.9 Å². The molecule has 0 aliphatic heterocycles. The van der Waals surface area contributed by atoms with Gasteiger partial charge in [0.25, 0.3) is 0 Å². The van der Waals surface area contributed by atoms with Crippen LogP contribution < -0.4 is 15.2 Å². The van der Waals surface area contributed by atoms with E-state index < -0.39 is 5.97 Å². The van der Waals surface area contributed by atoms with Crippen molar-refractivity contribution in [3.8, 4) is 11.5 Å². The van der Waals surface area contributed by atoms with Gasteiger partial charge in [0.05, 0.1) is 19.4 Å². The third-order valence-electron chi connectivity index (χ3n) is 1.87. The van der Waals surface area contributed by atoms with Gasteiger partial charge in [-0.2, -0.15) is 0 Å². The van der Waals surface area contributed by atoms with Crippen LogP contribution in [0.15, 0.2) is 18.2 Å². The Morgan fingerprint density at radius 3 is 2.81 bits per heavy atom. The molecule has 0 amide bonds. The summed E-state index contributed by atoms with van der Waals surface area (Å²) in [5.41, 5.74) is 6.15. The highest BCUT2D eigenvalue weighted by Gasteiger charge is 2.05. The summed E-state index contributed by atoms with van der Waals surface area (Å²) in [5, 5.41) is 0. The van der Waals surface area contributed by atoms with Crippen molar-refractivity contribution in [2.24, 2.45) is 0 Å². The lowest BCUT2D eigenvalue weighted by atomic mass is 10.3. The minimum Gasteiger partial charge on any atom is -0.494 e. The fourth-order valence-electron chi connectivity index (χ4n) is 1.13. The zero-order valence-electron chi connectivity index (χ0n) is 9.36. The molecule has 1 rings (SSSR count). The summed E-state index contributed by atoms with van der Waals surface area (Å²) in [7, 11) is 1.51. The second kappa shape index (κ2) is 5.85. The summed E-state index contributed by atoms with van der Waals surface area (Å²) >= 11 is 0. The molecule has 0 saturated heterocycles. The third kappa shape index (κ3) is 3.34. The highest BCUT2D eigenvalue weighted by molar-refractivity contribution is 5.71. The maximum absolute atomic E-state index is 11.0. The number of hydrogen-bond acceptors (Lipinski definition) is 5. The molecule has 0 aliphatic rings. The zero-order valence-corrected chi connectivity index (χ0v) is 9.36. The lowest BCUT2D eigenvalue weighted by molar-refractivity contribution is -0.145. The second-order valence-electron chi connectivity index (χ2n) is 3.00. The molecule has 0 radical (unpaired) electrons. The van der Waals surface area contributed by atoms with Gasteiger partial charge in [0, 0.05) is 6.07 Å². The number of esters is 1. The van der Waals surface area contributed by atoms with E-state index in [0.29, 0.717) is 23.8 Å². The molecule has 0 aliphatic carbocycles. The quantitative estimate of drug-likeness (QED) is 0.602. The molecule has 0 aromatic heterocycles. The minimum absolute atomic E-state index is 0.124. The predicted octanol–water partition coefficient (Wildman–Crippen LogP) is 1.22. The van der Waals surface area contributed by atoms with Crippen molar-refractivity contribution < 1.29 is 19.0 Å². The van der Waals surface area contributed by atoms with Crippen LogP contribution in [0.5, 0.6) is 11.5 Å². The Morgan fingerprint density at radius 2 is 2.19 bits per heavy atom. The number of carbonyl (C=O) groups is 1. The number of hydrogen-bond donors (Lipinski definition) is 1. The molecule has 0 unspecified atom stereocenters. The lowest BCUT2D eigenvalue weighted by Gasteiger charge is -2.08. The average Bonchev–Trinajstić information content (AvgIpc) is 2.28. The molecule has 0 spiro atoms. The zero-order chi connectivity index (χ0) is 12.0. The van der Waals surface area contributed by atoms with E-state index in [9.17, 15) is 4.79 Å². The first-order chi connectivity index (χ1) is 7.67. The van der Waals surface area contributed by atoms with E-state index in [4.69, 9.17) is 19.9 Å². The summed E-state index contributed by atoms with van der Waals surface area (Å²) < 4.78 is 15.0. The molecule has 0 fully saturated rings. The van der Waals surface area contributed by atoms with Crippen LogP contribution in [0.2, 0.25) is 0 Å². The number of rotatable bonds is 5. The van der Waals surface area contributed by atoms with Gasteiger partial charge in [0.1, 0.15) is 11.5 Å². The van der Waals surface area contributed by atoms with E-state index >= 15 is 0 Å². The maximum atomic E-state index is 11.0. The number of anilines is 1. The van der Waals surface area contributed by atoms with E-state index in [1.54, 1.807) is 25.1 Å². The molecule has 1 aromatic carbocycles. The smallest absolute Gasteiger partial charge is 0.344 e. The summed E-state index contributed by atoms with van der Waals surface area (Å²) in [6, 6.07) is 4.94. The lowest BCUT2D eigenvalue weighted by Crippen LogP contribution is -2.14. The second-order valence-corrected chi connectivity index (χ2v) is 3.00. The highest BCUT2D eigenvalue weighted by atomic mass is 16.6. The minimum atomic E-state index is -0.404. The van der Waals surface area contributed by atoms with Crippen LogP contribution in [0.1, 0.15) is 6.92 Å². The van der Waals surface area contributed by atoms with Crippen molar-refractivity contribution in [2.75, 3.05) is 26.1 Å². The number of nitrogen functional groups attached to an aromatic ring is 1. The highest BCUT2D eigenvalue weighted by Crippen LogP contribution is 2.26. The van der Waals surface area contributed by atoms with Crippen LogP contribution in [-0.2, 0) is 9.53 Å². The Labute approximate surface area is 94.1 Å². The number of methoxy groups -OCH3 is 1. The standard InChI is InChI=1S/C11H15NO4/c1-3-15-11(13)7-16-8-4-5-9(12)10(6-8)14-2/h4-6H,3,7,12H2,1-2H3. The number of benzene rings is 1. The van der Waals surface area contributed by atoms with Crippen LogP contribution in [0.3, 0.4) is 0 Å². The van der Waals surface area contributed by atoms with Crippen LogP contribution >= 0.6 is 0 Å². The Morgan fingerprint density at radius 1 is 1.44 bits per heavy atom. The summed E-state index contributed by atoms with van der Waals surface area (Å²) in [6.07, 6.45) is 0. The molecule has 5 nitrogen and oxygen atoms in total. The maximum Gasteiger partial charge on any atom is 0.344 e. The van der Waals surface area contributed by atoms with Crippen molar-refractivity contribution in [2.45, 2.75) is 6.92 Å². The van der Waals surface area contributed by atoms with Crippen molar-refractivity contribution in [3.63, 3.8) is 0 Å². The van der Waals surface area contributed by atoms with Crippen molar-refractivity contribution in [1.82, 2.24) is 0 Å². The molecule has 0 saturated carbocycles. The fraction of sp³-hybridized carbons (Fsp3) is 0.364. The summed E-state index contributed by atoms with van der Waals surface area (Å²) in [4.78, 5) is 11.0. The molecule has 5 heteroatoms. The first-order valence-corrected chi connectivity index (χ1v) is 4.89. The van der Waals surface area contributed by atoms with Crippen LogP contribution in [0.25, 0.3) is 0 Å². The molecule has 88 valence electrons. The van der Waals surface area contributed by atoms with Gasteiger partial charge >= 0.3 is 5.97 Å². The molecule has 16 heavy (non-hydrogen) atoms. The summed E-state index contributed by atoms with van der Waals surface area (Å²) in [5.74, 6) is 0.624. The van der Waals surface area contributed by atoms with Crippen molar-refractivity contribution in [1.29, 1.82) is 0 Å². The van der Waals surface area contributed by atoms with Gasteiger partial charge in [-0.1, -0.05) is 0 Å². The molecule has 0 bridgehead atoms. The van der Waals surface area contributed by atoms with E-state index in [0.717, 1.165) is 0 Å². The Bertz CT molecular complexity index is 365. The first-order valence-electron chi connectivity index (χ1n) is 4.89. The normalized spacial score (nSPS) is 9.62. The topological polar surface area (TPSA) is 70.8 Å². The van der Waals surface area contributed by atoms with Crippen LogP contribution in [-0.4, -0.2) is 26.3 Å². The Balaban J connectivity index is 2.57. The van der Waals surface area contributed by atoms with Gasteiger partial charge in [-0.15, -0.1) is 0 Å². The van der Waals surface area contributed by atoms with Gasteiger partial charge in [-0.25, -0.2) is 4.79 Å². The SMILES string of the molecule is CCOC(=O)COc1ccc(N)c(OC)c1. The molecular weight excluding hydrogens is 210 g/mol. The number of ether oxygens (including phenoxy) is 3. The van der Waals surface area contributed by atoms with Gasteiger partial charge in [-0.05, 0) is 19.1 Å². The Hall–Kier alpha value is -1.91. The molecule has 2 N–H and O–H groups in total. The third-order valence-corrected chi connectivity index (χ3v) is 1.87. The van der Waals surface area contributed by atoms with Gasteiger partial charge in [0.2, 0.25) is 0 Å². The molecular formula is C11H15NO4. The molecule has 0 heterocycles. The van der Waals surface area contributed by atoms with Gasteiger partial charge in [-0.3, -0.25) is 0 Å². The fourth-order valence-corrected chi connectivity index (χ4v) is 1.13. The van der Waals surface area contributed by atoms with E-state index in [-0.39, 0.29) is 6.61 Å². The largest absolute Gasteiger partial charge is 0.494 e. The number of nitrogens with two attached hydrogens (primary N) is 1. The Kier molecular flexibility index (Phi) is 4.44. The van der Waals surface area contributed by atoms with E-state index in [1.165, 1.54) is 7.11 Å². The number of carbonyl (C=O) groups excluding carboxylic acids is 1. The van der Waals surface area contributed by atoms with E-state index in [1.807, 2.05) is 0 Å². The van der Waals surface area contributed by atoms with Gasteiger partial charge in [0.15, 0.2) is 6.61 Å². The van der Waals surface area contributed by atoms with Crippen molar-refractivity contribution in [3.05, 3.63) is 18.2 Å². The molecule has 0 atom stereocenters. The van der Waals surface area contributed by atoms with E-state index in [2.05, 4.69) is 0 Å². The monoisotopic (exact) mass is 225 g/mol. The molecule has 1 aromatic rings. The average molecular weight is 225 g/mol. The summed E-state index contributed by atoms with van der Waals surface area (Å²) in [6.45, 7) is 1.96. The first kappa shape index (κ1) is 12.2. The van der Waals surface area contributed by atoms with Crippen LogP contribution in [0, 0.1) is 0 Å². The van der Waals surface area contributed by atoms with Crippen LogP contribution in [0.4, 0.5) is 5.69 Å². The van der Waals surface area contributed by atoms with Crippen molar-refractivity contribution >= 4 is 11.7 Å².